The summed E-state index contributed by atoms with van der Waals surface area (Å²) in [6.45, 7) is 3.42. The van der Waals surface area contributed by atoms with Crippen LogP contribution in [0.25, 0.3) is 16.9 Å². The van der Waals surface area contributed by atoms with Crippen LogP contribution in [0.1, 0.15) is 13.8 Å². The van der Waals surface area contributed by atoms with E-state index >= 15 is 0 Å². The fourth-order valence-corrected chi connectivity index (χ4v) is 2.69. The Morgan fingerprint density at radius 3 is 2.43 bits per heavy atom. The van der Waals surface area contributed by atoms with E-state index in [1.165, 1.54) is 11.7 Å². The van der Waals surface area contributed by atoms with Crippen molar-refractivity contribution in [1.82, 2.24) is 9.55 Å². The fourth-order valence-electron chi connectivity index (χ4n) is 2.56. The van der Waals surface area contributed by atoms with E-state index in [9.17, 15) is 9.90 Å². The minimum absolute atomic E-state index is 0.111. The van der Waals surface area contributed by atoms with Crippen LogP contribution in [0.4, 0.5) is 0 Å². The third-order valence-electron chi connectivity index (χ3n) is 3.95. The highest BCUT2D eigenvalue weighted by Crippen LogP contribution is 2.30. The van der Waals surface area contributed by atoms with Gasteiger partial charge in [-0.1, -0.05) is 23.7 Å². The minimum atomic E-state index is -0.970. The molecule has 2 aromatic carbocycles. The summed E-state index contributed by atoms with van der Waals surface area (Å²) in [7, 11) is 1.51. The lowest BCUT2D eigenvalue weighted by Gasteiger charge is -2.19. The number of ether oxygens (including phenoxy) is 2. The molecule has 0 aliphatic heterocycles. The van der Waals surface area contributed by atoms with E-state index in [-0.39, 0.29) is 6.61 Å². The van der Waals surface area contributed by atoms with Crippen LogP contribution in [0.3, 0.4) is 0 Å². The summed E-state index contributed by atoms with van der Waals surface area (Å²) < 4.78 is 12.4. The number of hydrogen-bond acceptors (Lipinski definition) is 5. The Balaban J connectivity index is 1.91. The van der Waals surface area contributed by atoms with E-state index in [1.807, 2.05) is 12.1 Å². The number of rotatable bonds is 6. The molecule has 1 heterocycles. The number of methoxy groups -OCH3 is 1. The quantitative estimate of drug-likeness (QED) is 0.682. The van der Waals surface area contributed by atoms with Crippen molar-refractivity contribution in [3.05, 3.63) is 70.2 Å². The summed E-state index contributed by atoms with van der Waals surface area (Å²) in [6, 6.07) is 14.0. The average Bonchev–Trinajstić information content (AvgIpc) is 2.66. The average molecular weight is 401 g/mol. The monoisotopic (exact) mass is 400 g/mol. The highest BCUT2D eigenvalue weighted by Gasteiger charge is 2.16. The van der Waals surface area contributed by atoms with Crippen LogP contribution >= 0.6 is 11.6 Å². The maximum atomic E-state index is 12.5. The molecule has 0 aliphatic carbocycles. The summed E-state index contributed by atoms with van der Waals surface area (Å²) in [4.78, 5) is 16.7. The Labute approximate surface area is 168 Å². The van der Waals surface area contributed by atoms with Gasteiger partial charge in [0.05, 0.1) is 24.1 Å². The van der Waals surface area contributed by atoms with Gasteiger partial charge in [0.2, 0.25) is 0 Å². The largest absolute Gasteiger partial charge is 0.493 e. The molecule has 0 atom stereocenters. The first-order valence-corrected chi connectivity index (χ1v) is 9.04. The van der Waals surface area contributed by atoms with Crippen molar-refractivity contribution in [2.75, 3.05) is 13.7 Å². The molecular weight excluding hydrogens is 380 g/mol. The van der Waals surface area contributed by atoms with E-state index in [1.54, 1.807) is 56.4 Å². The maximum absolute atomic E-state index is 12.5. The second kappa shape index (κ2) is 8.04. The molecular formula is C21H21ClN2O4. The summed E-state index contributed by atoms with van der Waals surface area (Å²) in [6.07, 6.45) is 1.66. The molecule has 1 N–H and O–H groups in total. The number of aliphatic hydroxyl groups is 1. The zero-order chi connectivity index (χ0) is 20.3. The number of halogens is 1. The Hall–Kier alpha value is -2.83. The molecule has 0 unspecified atom stereocenters. The first-order valence-electron chi connectivity index (χ1n) is 8.66. The normalized spacial score (nSPS) is 11.3. The molecule has 28 heavy (non-hydrogen) atoms. The molecule has 0 bridgehead atoms. The molecule has 0 aliphatic rings. The van der Waals surface area contributed by atoms with Gasteiger partial charge >= 0.3 is 5.69 Å². The van der Waals surface area contributed by atoms with Crippen LogP contribution in [0.2, 0.25) is 5.02 Å². The molecule has 0 saturated carbocycles. The van der Waals surface area contributed by atoms with Crippen LogP contribution in [0, 0.1) is 0 Å². The molecule has 0 amide bonds. The molecule has 0 radical (unpaired) electrons. The Kier molecular flexibility index (Phi) is 5.72. The van der Waals surface area contributed by atoms with Gasteiger partial charge < -0.3 is 14.6 Å². The third kappa shape index (κ3) is 4.71. The molecule has 0 saturated heterocycles. The van der Waals surface area contributed by atoms with Crippen molar-refractivity contribution in [3.8, 4) is 28.4 Å². The highest BCUT2D eigenvalue weighted by molar-refractivity contribution is 6.30. The number of nitrogens with zero attached hydrogens (tertiary/aromatic N) is 2. The molecule has 146 valence electrons. The number of hydrogen-bond donors (Lipinski definition) is 1. The summed E-state index contributed by atoms with van der Waals surface area (Å²) in [5, 5.41) is 10.4. The summed E-state index contributed by atoms with van der Waals surface area (Å²) in [5.41, 5.74) is 0.575. The smallest absolute Gasteiger partial charge is 0.352 e. The van der Waals surface area contributed by atoms with Gasteiger partial charge in [-0.3, -0.25) is 4.57 Å². The summed E-state index contributed by atoms with van der Waals surface area (Å²) >= 11 is 5.90. The van der Waals surface area contributed by atoms with Crippen molar-refractivity contribution in [2.45, 2.75) is 19.4 Å². The van der Waals surface area contributed by atoms with E-state index in [4.69, 9.17) is 21.1 Å². The molecule has 0 spiro atoms. The molecule has 1 aromatic heterocycles. The molecule has 3 aromatic rings. The van der Waals surface area contributed by atoms with Crippen LogP contribution < -0.4 is 15.2 Å². The lowest BCUT2D eigenvalue weighted by Crippen LogP contribution is -2.28. The van der Waals surface area contributed by atoms with Gasteiger partial charge in [0, 0.05) is 22.8 Å². The van der Waals surface area contributed by atoms with E-state index in [2.05, 4.69) is 4.98 Å². The number of aromatic nitrogens is 2. The zero-order valence-corrected chi connectivity index (χ0v) is 16.6. The lowest BCUT2D eigenvalue weighted by molar-refractivity contribution is 0.0276. The predicted octanol–water partition coefficient (Wildman–Crippen LogP) is 3.71. The Morgan fingerprint density at radius 2 is 1.82 bits per heavy atom. The molecule has 7 heteroatoms. The molecule has 6 nitrogen and oxygen atoms in total. The second-order valence-corrected chi connectivity index (χ2v) is 7.34. The lowest BCUT2D eigenvalue weighted by atomic mass is 10.1. The SMILES string of the molecule is COc1cc(-n2ccc(-c3ccc(Cl)cc3)nc2=O)ccc1OCC(C)(C)O. The first kappa shape index (κ1) is 19.9. The van der Waals surface area contributed by atoms with Gasteiger partial charge in [0.1, 0.15) is 6.61 Å². The van der Waals surface area contributed by atoms with Gasteiger partial charge in [0.25, 0.3) is 0 Å². The maximum Gasteiger partial charge on any atom is 0.352 e. The topological polar surface area (TPSA) is 73.6 Å². The van der Waals surface area contributed by atoms with Crippen molar-refractivity contribution in [3.63, 3.8) is 0 Å². The van der Waals surface area contributed by atoms with Crippen molar-refractivity contribution in [1.29, 1.82) is 0 Å². The predicted molar refractivity (Wildman–Crippen MR) is 109 cm³/mol. The van der Waals surface area contributed by atoms with E-state index in [0.717, 1.165) is 5.56 Å². The Morgan fingerprint density at radius 1 is 1.11 bits per heavy atom. The Bertz CT molecular complexity index is 1020. The van der Waals surface area contributed by atoms with Crippen molar-refractivity contribution >= 4 is 11.6 Å². The van der Waals surface area contributed by atoms with Gasteiger partial charge in [-0.2, -0.15) is 4.98 Å². The van der Waals surface area contributed by atoms with Crippen molar-refractivity contribution < 1.29 is 14.6 Å². The van der Waals surface area contributed by atoms with Gasteiger partial charge in [-0.15, -0.1) is 0 Å². The van der Waals surface area contributed by atoms with Gasteiger partial charge in [-0.25, -0.2) is 4.79 Å². The first-order chi connectivity index (χ1) is 13.3. The zero-order valence-electron chi connectivity index (χ0n) is 15.8. The van der Waals surface area contributed by atoms with Gasteiger partial charge in [-0.05, 0) is 44.2 Å². The fraction of sp³-hybridized carbons (Fsp3) is 0.238. The van der Waals surface area contributed by atoms with Crippen molar-refractivity contribution in [2.24, 2.45) is 0 Å². The van der Waals surface area contributed by atoms with E-state index in [0.29, 0.717) is 27.9 Å². The van der Waals surface area contributed by atoms with E-state index < -0.39 is 11.3 Å². The highest BCUT2D eigenvalue weighted by atomic mass is 35.5. The standard InChI is InChI=1S/C21H21ClN2O4/c1-21(2,26)13-28-18-9-8-16(12-19(18)27-3)24-11-10-17(23-20(24)25)14-4-6-15(22)7-5-14/h4-12,26H,13H2,1-3H3. The van der Waals surface area contributed by atoms with Crippen LogP contribution in [0.5, 0.6) is 11.5 Å². The third-order valence-corrected chi connectivity index (χ3v) is 4.20. The molecule has 3 rings (SSSR count). The van der Waals surface area contributed by atoms with Crippen LogP contribution in [-0.2, 0) is 0 Å². The van der Waals surface area contributed by atoms with Crippen LogP contribution in [-0.4, -0.2) is 34.0 Å². The van der Waals surface area contributed by atoms with Gasteiger partial charge in [0.15, 0.2) is 11.5 Å². The second-order valence-electron chi connectivity index (χ2n) is 6.91. The minimum Gasteiger partial charge on any atom is -0.493 e. The van der Waals surface area contributed by atoms with Crippen LogP contribution in [0.15, 0.2) is 59.5 Å². The number of benzene rings is 2. The summed E-state index contributed by atoms with van der Waals surface area (Å²) in [5.74, 6) is 0.933. The molecule has 0 fully saturated rings.